The lowest BCUT2D eigenvalue weighted by Gasteiger charge is -2.35. The van der Waals surface area contributed by atoms with Crippen LogP contribution in [0.3, 0.4) is 0 Å². The summed E-state index contributed by atoms with van der Waals surface area (Å²) in [5.41, 5.74) is -0.771. The maximum absolute atomic E-state index is 12.0. The van der Waals surface area contributed by atoms with Gasteiger partial charge in [-0.3, -0.25) is 4.79 Å². The molecule has 5 heteroatoms. The van der Waals surface area contributed by atoms with Crippen LogP contribution in [0.5, 0.6) is 0 Å². The predicted molar refractivity (Wildman–Crippen MR) is 70.8 cm³/mol. The van der Waals surface area contributed by atoms with Crippen molar-refractivity contribution in [3.8, 4) is 0 Å². The van der Waals surface area contributed by atoms with Gasteiger partial charge < -0.3 is 19.5 Å². The molecule has 2 saturated heterocycles. The van der Waals surface area contributed by atoms with Crippen LogP contribution in [-0.2, 0) is 14.3 Å². The highest BCUT2D eigenvalue weighted by molar-refractivity contribution is 5.75. The molecule has 0 aromatic rings. The number of rotatable bonds is 5. The normalized spacial score (nSPS) is 26.3. The van der Waals surface area contributed by atoms with Crippen LogP contribution in [0.4, 0.5) is 0 Å². The molecule has 0 radical (unpaired) electrons. The molecule has 2 aliphatic heterocycles. The second-order valence-corrected chi connectivity index (χ2v) is 5.76. The van der Waals surface area contributed by atoms with Crippen LogP contribution < -0.4 is 0 Å². The molecule has 1 amide bonds. The molecule has 0 aromatic heterocycles. The Morgan fingerprint density at radius 3 is 2.74 bits per heavy atom. The van der Waals surface area contributed by atoms with Crippen LogP contribution in [-0.4, -0.2) is 61.0 Å². The maximum Gasteiger partial charge on any atom is 0.222 e. The lowest BCUT2D eigenvalue weighted by Crippen LogP contribution is -2.47. The van der Waals surface area contributed by atoms with Crippen LogP contribution in [0.1, 0.15) is 38.5 Å². The summed E-state index contributed by atoms with van der Waals surface area (Å²) in [6, 6.07) is 0. The molecule has 1 atom stereocenters. The van der Waals surface area contributed by atoms with Gasteiger partial charge in [-0.25, -0.2) is 0 Å². The first kappa shape index (κ1) is 14.8. The zero-order valence-corrected chi connectivity index (χ0v) is 11.8. The standard InChI is InChI=1S/C14H25NO4/c1-15(11-14(17)6-9-18-10-7-14)13(16)5-4-12-3-2-8-19-12/h12,17H,2-11H2,1H3. The Morgan fingerprint density at radius 2 is 2.11 bits per heavy atom. The van der Waals surface area contributed by atoms with E-state index in [1.165, 1.54) is 0 Å². The SMILES string of the molecule is CN(CC1(O)CCOCC1)C(=O)CCC1CCCO1. The first-order valence-corrected chi connectivity index (χ1v) is 7.25. The third-order valence-corrected chi connectivity index (χ3v) is 4.08. The molecule has 2 fully saturated rings. The van der Waals surface area contributed by atoms with E-state index in [1.54, 1.807) is 11.9 Å². The minimum Gasteiger partial charge on any atom is -0.388 e. The number of nitrogens with zero attached hydrogens (tertiary/aromatic N) is 1. The summed E-state index contributed by atoms with van der Waals surface area (Å²) in [4.78, 5) is 13.7. The summed E-state index contributed by atoms with van der Waals surface area (Å²) in [5, 5.41) is 10.4. The van der Waals surface area contributed by atoms with Crippen LogP contribution in [0, 0.1) is 0 Å². The van der Waals surface area contributed by atoms with Crippen molar-refractivity contribution in [3.05, 3.63) is 0 Å². The van der Waals surface area contributed by atoms with Gasteiger partial charge in [0.15, 0.2) is 0 Å². The van der Waals surface area contributed by atoms with Crippen molar-refractivity contribution in [2.24, 2.45) is 0 Å². The number of likely N-dealkylation sites (N-methyl/N-ethyl adjacent to an activating group) is 1. The summed E-state index contributed by atoms with van der Waals surface area (Å²) in [6.45, 7) is 2.39. The van der Waals surface area contributed by atoms with Crippen molar-refractivity contribution in [1.82, 2.24) is 4.90 Å². The highest BCUT2D eigenvalue weighted by atomic mass is 16.5. The van der Waals surface area contributed by atoms with E-state index >= 15 is 0 Å². The lowest BCUT2D eigenvalue weighted by atomic mass is 9.94. The third kappa shape index (κ3) is 4.44. The van der Waals surface area contributed by atoms with E-state index in [0.29, 0.717) is 39.0 Å². The summed E-state index contributed by atoms with van der Waals surface area (Å²) in [6.07, 6.45) is 4.95. The number of aliphatic hydroxyl groups is 1. The quantitative estimate of drug-likeness (QED) is 0.808. The minimum atomic E-state index is -0.771. The average molecular weight is 271 g/mol. The van der Waals surface area contributed by atoms with Gasteiger partial charge in [0.05, 0.1) is 11.7 Å². The fourth-order valence-corrected chi connectivity index (χ4v) is 2.79. The van der Waals surface area contributed by atoms with Crippen LogP contribution in [0.2, 0.25) is 0 Å². The molecule has 2 heterocycles. The smallest absolute Gasteiger partial charge is 0.222 e. The zero-order valence-electron chi connectivity index (χ0n) is 11.8. The molecule has 0 aromatic carbocycles. The maximum atomic E-state index is 12.0. The monoisotopic (exact) mass is 271 g/mol. The summed E-state index contributed by atoms with van der Waals surface area (Å²) in [5.74, 6) is 0.0930. The Hall–Kier alpha value is -0.650. The number of carbonyl (C=O) groups is 1. The summed E-state index contributed by atoms with van der Waals surface area (Å²) in [7, 11) is 1.77. The van der Waals surface area contributed by atoms with Gasteiger partial charge >= 0.3 is 0 Å². The zero-order chi connectivity index (χ0) is 13.7. The predicted octanol–water partition coefficient (Wildman–Crippen LogP) is 0.945. The summed E-state index contributed by atoms with van der Waals surface area (Å²) >= 11 is 0. The highest BCUT2D eigenvalue weighted by Crippen LogP contribution is 2.22. The Morgan fingerprint density at radius 1 is 1.37 bits per heavy atom. The van der Waals surface area contributed by atoms with Crippen molar-refractivity contribution in [1.29, 1.82) is 0 Å². The highest BCUT2D eigenvalue weighted by Gasteiger charge is 2.32. The topological polar surface area (TPSA) is 59.0 Å². The van der Waals surface area contributed by atoms with Crippen molar-refractivity contribution < 1.29 is 19.4 Å². The number of carbonyl (C=O) groups excluding carboxylic acids is 1. The molecule has 0 aliphatic carbocycles. The van der Waals surface area contributed by atoms with E-state index < -0.39 is 5.60 Å². The number of hydrogen-bond donors (Lipinski definition) is 1. The average Bonchev–Trinajstić information content (AvgIpc) is 2.89. The molecule has 0 spiro atoms. The molecule has 2 rings (SSSR count). The van der Waals surface area contributed by atoms with E-state index in [-0.39, 0.29) is 12.0 Å². The van der Waals surface area contributed by atoms with Gasteiger partial charge in [0, 0.05) is 52.7 Å². The van der Waals surface area contributed by atoms with Crippen LogP contribution >= 0.6 is 0 Å². The molecular formula is C14H25NO4. The molecule has 2 aliphatic rings. The first-order valence-electron chi connectivity index (χ1n) is 7.25. The van der Waals surface area contributed by atoms with Gasteiger partial charge in [0.25, 0.3) is 0 Å². The molecule has 1 unspecified atom stereocenters. The molecule has 0 saturated carbocycles. The van der Waals surface area contributed by atoms with Gasteiger partial charge in [0.2, 0.25) is 5.91 Å². The van der Waals surface area contributed by atoms with Gasteiger partial charge in [0.1, 0.15) is 0 Å². The second-order valence-electron chi connectivity index (χ2n) is 5.76. The van der Waals surface area contributed by atoms with E-state index in [0.717, 1.165) is 25.9 Å². The van der Waals surface area contributed by atoms with Crippen molar-refractivity contribution >= 4 is 5.91 Å². The van der Waals surface area contributed by atoms with Gasteiger partial charge in [-0.05, 0) is 19.3 Å². The van der Waals surface area contributed by atoms with E-state index in [4.69, 9.17) is 9.47 Å². The Kier molecular flexibility index (Phi) is 5.19. The van der Waals surface area contributed by atoms with Crippen molar-refractivity contribution in [3.63, 3.8) is 0 Å². The van der Waals surface area contributed by atoms with Gasteiger partial charge in [-0.15, -0.1) is 0 Å². The fraction of sp³-hybridized carbons (Fsp3) is 0.929. The van der Waals surface area contributed by atoms with E-state index in [2.05, 4.69) is 0 Å². The Labute approximate surface area is 114 Å². The molecular weight excluding hydrogens is 246 g/mol. The van der Waals surface area contributed by atoms with Crippen molar-refractivity contribution in [2.75, 3.05) is 33.4 Å². The largest absolute Gasteiger partial charge is 0.388 e. The molecule has 19 heavy (non-hydrogen) atoms. The van der Waals surface area contributed by atoms with Gasteiger partial charge in [-0.2, -0.15) is 0 Å². The van der Waals surface area contributed by atoms with Gasteiger partial charge in [-0.1, -0.05) is 0 Å². The fourth-order valence-electron chi connectivity index (χ4n) is 2.79. The minimum absolute atomic E-state index is 0.0930. The van der Waals surface area contributed by atoms with E-state index in [1.807, 2.05) is 0 Å². The molecule has 1 N–H and O–H groups in total. The van der Waals surface area contributed by atoms with Crippen LogP contribution in [0.15, 0.2) is 0 Å². The molecule has 5 nitrogen and oxygen atoms in total. The Bertz CT molecular complexity index is 296. The second kappa shape index (κ2) is 6.68. The van der Waals surface area contributed by atoms with E-state index in [9.17, 15) is 9.90 Å². The first-order chi connectivity index (χ1) is 9.09. The number of amides is 1. The summed E-state index contributed by atoms with van der Waals surface area (Å²) < 4.78 is 10.8. The lowest BCUT2D eigenvalue weighted by molar-refractivity contribution is -0.137. The van der Waals surface area contributed by atoms with Crippen molar-refractivity contribution in [2.45, 2.75) is 50.2 Å². The third-order valence-electron chi connectivity index (χ3n) is 4.08. The molecule has 110 valence electrons. The Balaban J connectivity index is 1.71. The molecule has 0 bridgehead atoms. The number of ether oxygens (including phenoxy) is 2. The van der Waals surface area contributed by atoms with Crippen LogP contribution in [0.25, 0.3) is 0 Å². The number of hydrogen-bond acceptors (Lipinski definition) is 4.